The summed E-state index contributed by atoms with van der Waals surface area (Å²) in [5.74, 6) is 3.23. The Morgan fingerprint density at radius 3 is 0.610 bits per heavy atom. The summed E-state index contributed by atoms with van der Waals surface area (Å²) in [4.78, 5) is 0. The van der Waals surface area contributed by atoms with Gasteiger partial charge in [0.25, 0.3) is 0 Å². The SMILES string of the molecule is CCCCCCCCCCCCOc1c2cccc1Cc1cc(P(=O)(OC(C)C)OC(C)C)cc(c1OCCCCCCCCCCCC)Cc1cccc(c1OCCCCCCCCCCCC)Cc1cc(P(=O)(OC(C)C)OC(C)C)cc(c1OCCCCCCCCCCCC)C2. The van der Waals surface area contributed by atoms with Crippen LogP contribution in [0, 0.1) is 0 Å². The lowest BCUT2D eigenvalue weighted by molar-refractivity contribution is 0.149. The fourth-order valence-electron chi connectivity index (χ4n) is 14.2. The summed E-state index contributed by atoms with van der Waals surface area (Å²) in [6, 6.07) is 21.3. The van der Waals surface area contributed by atoms with Crippen LogP contribution < -0.4 is 29.6 Å². The smallest absolute Gasteiger partial charge is 0.361 e. The molecule has 0 radical (unpaired) electrons. The van der Waals surface area contributed by atoms with E-state index in [1.807, 2.05) is 55.4 Å². The molecule has 10 nitrogen and oxygen atoms in total. The van der Waals surface area contributed by atoms with Gasteiger partial charge in [0.15, 0.2) is 0 Å². The number of hydrogen-bond acceptors (Lipinski definition) is 10. The molecule has 0 amide bonds. The van der Waals surface area contributed by atoms with E-state index in [0.29, 0.717) is 62.7 Å². The molecule has 0 fully saturated rings. The van der Waals surface area contributed by atoms with Crippen LogP contribution in [0.25, 0.3) is 0 Å². The molecule has 568 valence electrons. The summed E-state index contributed by atoms with van der Waals surface area (Å²) in [6.07, 6.45) is 49.3. The second-order valence-electron chi connectivity index (χ2n) is 30.4. The van der Waals surface area contributed by atoms with Gasteiger partial charge in [-0.2, -0.15) is 0 Å². The van der Waals surface area contributed by atoms with Crippen molar-refractivity contribution in [3.8, 4) is 23.0 Å². The molecule has 4 aromatic carbocycles. The molecule has 8 bridgehead atoms. The average molecular weight is 1430 g/mol. The molecule has 4 aromatic rings. The standard InChI is InChI=1S/C88H146O10P2/c1-13-17-21-25-29-33-37-41-45-49-59-91-85-75-55-53-56-76(85)64-80-68-84(100(90,97-73(9)10)98-74(11)12)70-82(88(80)94-62-52-48-44-40-36-32-28-24-20-16-4)66-78-58-54-57-77(86(78)92-60-50-46-42-38-34-30-26-22-18-14-2)65-81-69-83(99(89,95-71(5)6)96-72(7)8)67-79(63-75)87(81)93-61-51-47-43-39-35-31-27-23-19-15-3/h53-58,67-74H,13-52,59-66H2,1-12H3. The normalized spacial score (nSPS) is 12.8. The van der Waals surface area contributed by atoms with Crippen LogP contribution in [-0.4, -0.2) is 50.8 Å². The molecule has 0 aliphatic heterocycles. The molecule has 0 N–H and O–H groups in total. The Hall–Kier alpha value is -3.62. The van der Waals surface area contributed by atoms with E-state index in [2.05, 4.69) is 88.4 Å². The molecule has 5 rings (SSSR count). The van der Waals surface area contributed by atoms with E-state index in [9.17, 15) is 0 Å². The van der Waals surface area contributed by atoms with Gasteiger partial charge in [0.1, 0.15) is 23.0 Å². The first-order valence-electron chi connectivity index (χ1n) is 41.5. The van der Waals surface area contributed by atoms with Crippen LogP contribution in [0.5, 0.6) is 23.0 Å². The van der Waals surface area contributed by atoms with Crippen molar-refractivity contribution in [1.82, 2.24) is 0 Å². The predicted octanol–water partition coefficient (Wildman–Crippen LogP) is 26.9. The van der Waals surface area contributed by atoms with Crippen molar-refractivity contribution in [3.05, 3.63) is 105 Å². The maximum atomic E-state index is 15.8. The Bertz CT molecular complexity index is 2580. The molecule has 1 aliphatic carbocycles. The summed E-state index contributed by atoms with van der Waals surface area (Å²) in [5.41, 5.74) is 7.59. The molecule has 12 heteroatoms. The second-order valence-corrected chi connectivity index (χ2v) is 34.3. The van der Waals surface area contributed by atoms with E-state index in [-0.39, 0.29) is 24.4 Å². The van der Waals surface area contributed by atoms with Crippen LogP contribution in [0.4, 0.5) is 0 Å². The number of benzene rings is 4. The van der Waals surface area contributed by atoms with Crippen LogP contribution in [0.2, 0.25) is 0 Å². The van der Waals surface area contributed by atoms with Gasteiger partial charge in [-0.3, -0.25) is 9.13 Å². The summed E-state index contributed by atoms with van der Waals surface area (Å²) in [7, 11) is -7.87. The van der Waals surface area contributed by atoms with Crippen molar-refractivity contribution >= 4 is 25.8 Å². The molecule has 0 aromatic heterocycles. The Morgan fingerprint density at radius 2 is 0.430 bits per heavy atom. The highest BCUT2D eigenvalue weighted by atomic mass is 31.2. The summed E-state index contributed by atoms with van der Waals surface area (Å²) >= 11 is 0. The minimum absolute atomic E-state index is 0.372. The highest BCUT2D eigenvalue weighted by molar-refractivity contribution is 7.62. The second kappa shape index (κ2) is 51.5. The van der Waals surface area contributed by atoms with Crippen LogP contribution in [0.3, 0.4) is 0 Å². The summed E-state index contributed by atoms with van der Waals surface area (Å²) < 4.78 is 86.9. The van der Waals surface area contributed by atoms with Gasteiger partial charge < -0.3 is 37.0 Å². The van der Waals surface area contributed by atoms with Gasteiger partial charge >= 0.3 is 15.2 Å². The van der Waals surface area contributed by atoms with Crippen LogP contribution in [0.1, 0.15) is 384 Å². The third kappa shape index (κ3) is 33.7. The maximum absolute atomic E-state index is 15.8. The first-order valence-corrected chi connectivity index (χ1v) is 44.6. The van der Waals surface area contributed by atoms with E-state index < -0.39 is 15.2 Å². The fraction of sp³-hybridized carbons (Fsp3) is 0.727. The van der Waals surface area contributed by atoms with Gasteiger partial charge in [-0.1, -0.05) is 295 Å². The Labute approximate surface area is 613 Å². The first kappa shape index (κ1) is 87.0. The summed E-state index contributed by atoms with van der Waals surface area (Å²) in [6.45, 7) is 26.8. The van der Waals surface area contributed by atoms with Crippen molar-refractivity contribution in [3.63, 3.8) is 0 Å². The molecule has 0 spiro atoms. The van der Waals surface area contributed by atoms with Gasteiger partial charge in [-0.25, -0.2) is 0 Å². The molecular formula is C88H146O10P2. The van der Waals surface area contributed by atoms with E-state index in [1.165, 1.54) is 205 Å². The molecule has 0 atom stereocenters. The number of unbranched alkanes of at least 4 members (excludes halogenated alkanes) is 36. The Balaban J connectivity index is 1.76. The van der Waals surface area contributed by atoms with Crippen molar-refractivity contribution in [2.75, 3.05) is 26.4 Å². The van der Waals surface area contributed by atoms with E-state index >= 15 is 9.13 Å². The van der Waals surface area contributed by atoms with Crippen molar-refractivity contribution in [1.29, 1.82) is 0 Å². The topological polar surface area (TPSA) is 108 Å². The number of fused-ring (bicyclic) bond motifs is 8. The predicted molar refractivity (Wildman–Crippen MR) is 426 cm³/mol. The van der Waals surface area contributed by atoms with E-state index in [1.54, 1.807) is 0 Å². The van der Waals surface area contributed by atoms with Crippen molar-refractivity contribution < 1.29 is 46.2 Å². The van der Waals surface area contributed by atoms with E-state index in [4.69, 9.17) is 37.0 Å². The molecule has 0 saturated carbocycles. The minimum atomic E-state index is -3.93. The van der Waals surface area contributed by atoms with Crippen LogP contribution in [-0.2, 0) is 52.9 Å². The highest BCUT2D eigenvalue weighted by Crippen LogP contribution is 2.53. The fourth-order valence-corrected chi connectivity index (χ4v) is 18.2. The van der Waals surface area contributed by atoms with Crippen molar-refractivity contribution in [2.24, 2.45) is 0 Å². The lowest BCUT2D eigenvalue weighted by Crippen LogP contribution is -2.20. The highest BCUT2D eigenvalue weighted by Gasteiger charge is 2.36. The molecule has 0 saturated heterocycles. The largest absolute Gasteiger partial charge is 0.493 e. The van der Waals surface area contributed by atoms with Gasteiger partial charge in [-0.15, -0.1) is 0 Å². The zero-order valence-corrected chi connectivity index (χ0v) is 67.8. The Kier molecular flexibility index (Phi) is 44.9. The zero-order valence-electron chi connectivity index (χ0n) is 66.0. The maximum Gasteiger partial charge on any atom is 0.361 e. The molecule has 1 aliphatic rings. The van der Waals surface area contributed by atoms with Gasteiger partial charge in [0.05, 0.1) is 61.5 Å². The molecule has 0 unspecified atom stereocenters. The molecular weight excluding hydrogens is 1280 g/mol. The zero-order chi connectivity index (χ0) is 72.1. The lowest BCUT2D eigenvalue weighted by atomic mass is 9.91. The van der Waals surface area contributed by atoms with Crippen LogP contribution >= 0.6 is 15.2 Å². The molecule has 100 heavy (non-hydrogen) atoms. The monoisotopic (exact) mass is 1430 g/mol. The first-order chi connectivity index (χ1) is 48.5. The van der Waals surface area contributed by atoms with Gasteiger partial charge in [0.2, 0.25) is 0 Å². The molecule has 0 heterocycles. The number of ether oxygens (including phenoxy) is 4. The lowest BCUT2D eigenvalue weighted by Gasteiger charge is -2.27. The Morgan fingerprint density at radius 1 is 0.260 bits per heavy atom. The van der Waals surface area contributed by atoms with Gasteiger partial charge in [0, 0.05) is 25.7 Å². The number of hydrogen-bond donors (Lipinski definition) is 0. The minimum Gasteiger partial charge on any atom is -0.493 e. The number of rotatable bonds is 58. The van der Waals surface area contributed by atoms with Gasteiger partial charge in [-0.05, 0) is 150 Å². The summed E-state index contributed by atoms with van der Waals surface area (Å²) in [5, 5.41) is 1.03. The quantitative estimate of drug-likeness (QED) is 0.0276. The van der Waals surface area contributed by atoms with Crippen molar-refractivity contribution in [2.45, 2.75) is 390 Å². The van der Waals surface area contributed by atoms with E-state index in [0.717, 1.165) is 119 Å². The number of para-hydroxylation sites is 2. The third-order valence-corrected chi connectivity index (χ3v) is 23.9. The van der Waals surface area contributed by atoms with Crippen LogP contribution in [0.15, 0.2) is 60.7 Å². The third-order valence-electron chi connectivity index (χ3n) is 19.3. The average Bonchev–Trinajstić information content (AvgIpc) is 0.770.